The predicted molar refractivity (Wildman–Crippen MR) is 88.8 cm³/mol. The number of carbonyl (C=O) groups is 1. The van der Waals surface area contributed by atoms with Gasteiger partial charge in [-0.05, 0) is 19.7 Å². The second-order valence-electron chi connectivity index (χ2n) is 5.85. The zero-order chi connectivity index (χ0) is 18.4. The minimum absolute atomic E-state index is 0.0523. The molecule has 0 aromatic rings. The minimum atomic E-state index is -3.80. The van der Waals surface area contributed by atoms with Crippen molar-refractivity contribution in [3.63, 3.8) is 0 Å². The van der Waals surface area contributed by atoms with E-state index in [2.05, 4.69) is 4.72 Å². The Bertz CT molecular complexity index is 520. The molecule has 1 fully saturated rings. The standard InChI is InChI=1S/C12H27BN4O6S/c1-2-23-11(18)12(15)9-17(24(21,22)16-7-6-14)8-10(12)4-3-5-13(19)20/h10,16,19-20H,2-9,14-15H2,1H3. The van der Waals surface area contributed by atoms with E-state index in [0.29, 0.717) is 12.8 Å². The maximum absolute atomic E-state index is 12.3. The first kappa shape index (κ1) is 21.3. The summed E-state index contributed by atoms with van der Waals surface area (Å²) in [5, 5.41) is 17.9. The van der Waals surface area contributed by atoms with Crippen LogP contribution in [0.5, 0.6) is 0 Å². The fourth-order valence-corrected chi connectivity index (χ4v) is 4.07. The summed E-state index contributed by atoms with van der Waals surface area (Å²) in [6, 6.07) is 0. The second-order valence-corrected chi connectivity index (χ2v) is 7.61. The molecule has 0 aromatic heterocycles. The van der Waals surface area contributed by atoms with E-state index in [1.165, 1.54) is 0 Å². The summed E-state index contributed by atoms with van der Waals surface area (Å²) in [5.74, 6) is -1.14. The zero-order valence-corrected chi connectivity index (χ0v) is 14.7. The van der Waals surface area contributed by atoms with Crippen LogP contribution in [0, 0.1) is 5.92 Å². The summed E-state index contributed by atoms with van der Waals surface area (Å²) >= 11 is 0. The first-order valence-corrected chi connectivity index (χ1v) is 9.38. The highest BCUT2D eigenvalue weighted by Crippen LogP contribution is 2.32. The lowest BCUT2D eigenvalue weighted by Crippen LogP contribution is -2.56. The predicted octanol–water partition coefficient (Wildman–Crippen LogP) is -2.78. The first-order valence-electron chi connectivity index (χ1n) is 7.94. The summed E-state index contributed by atoms with van der Waals surface area (Å²) in [6.45, 7) is 1.87. The van der Waals surface area contributed by atoms with Crippen molar-refractivity contribution in [3.05, 3.63) is 0 Å². The van der Waals surface area contributed by atoms with Crippen LogP contribution in [0.2, 0.25) is 6.32 Å². The van der Waals surface area contributed by atoms with Crippen LogP contribution in [0.3, 0.4) is 0 Å². The lowest BCUT2D eigenvalue weighted by Gasteiger charge is -2.27. The molecule has 0 aliphatic carbocycles. The van der Waals surface area contributed by atoms with Gasteiger partial charge in [0.15, 0.2) is 0 Å². The average Bonchev–Trinajstić information content (AvgIpc) is 2.85. The van der Waals surface area contributed by atoms with Crippen molar-refractivity contribution in [2.75, 3.05) is 32.8 Å². The van der Waals surface area contributed by atoms with Crippen LogP contribution < -0.4 is 16.2 Å². The quantitative estimate of drug-likeness (QED) is 0.204. The highest BCUT2D eigenvalue weighted by Gasteiger charge is 2.52. The normalized spacial score (nSPS) is 25.0. The molecule has 10 nitrogen and oxygen atoms in total. The molecule has 1 rings (SSSR count). The van der Waals surface area contributed by atoms with Crippen molar-refractivity contribution in [1.29, 1.82) is 0 Å². The van der Waals surface area contributed by atoms with Crippen molar-refractivity contribution in [2.45, 2.75) is 31.6 Å². The van der Waals surface area contributed by atoms with E-state index in [9.17, 15) is 13.2 Å². The maximum atomic E-state index is 12.3. The van der Waals surface area contributed by atoms with E-state index >= 15 is 0 Å². The van der Waals surface area contributed by atoms with Crippen LogP contribution in [0.4, 0.5) is 0 Å². The molecule has 1 aliphatic heterocycles. The molecule has 0 bridgehead atoms. The smallest absolute Gasteiger partial charge is 0.451 e. The molecular formula is C12H27BN4O6S. The lowest BCUT2D eigenvalue weighted by molar-refractivity contribution is -0.150. The van der Waals surface area contributed by atoms with Crippen LogP contribution in [0.15, 0.2) is 0 Å². The van der Waals surface area contributed by atoms with E-state index in [1.54, 1.807) is 6.92 Å². The van der Waals surface area contributed by atoms with Gasteiger partial charge < -0.3 is 26.3 Å². The molecule has 1 heterocycles. The minimum Gasteiger partial charge on any atom is -0.465 e. The van der Waals surface area contributed by atoms with E-state index in [4.69, 9.17) is 26.3 Å². The van der Waals surface area contributed by atoms with Gasteiger partial charge in [0.05, 0.1) is 6.61 Å². The van der Waals surface area contributed by atoms with Gasteiger partial charge in [-0.2, -0.15) is 12.7 Å². The molecule has 2 atom stereocenters. The Morgan fingerprint density at radius 3 is 2.71 bits per heavy atom. The summed E-state index contributed by atoms with van der Waals surface area (Å²) < 4.78 is 33.0. The van der Waals surface area contributed by atoms with Crippen molar-refractivity contribution >= 4 is 23.3 Å². The zero-order valence-electron chi connectivity index (χ0n) is 13.8. The van der Waals surface area contributed by atoms with E-state index in [-0.39, 0.29) is 39.1 Å². The SMILES string of the molecule is CCOC(=O)C1(N)CN(S(=O)(=O)NCCN)CC1CCCB(O)O. The molecule has 2 unspecified atom stereocenters. The fraction of sp³-hybridized carbons (Fsp3) is 0.917. The van der Waals surface area contributed by atoms with Crippen LogP contribution in [-0.4, -0.2) is 74.2 Å². The number of rotatable bonds is 10. The number of nitrogens with zero attached hydrogens (tertiary/aromatic N) is 1. The van der Waals surface area contributed by atoms with Gasteiger partial charge in [0.2, 0.25) is 0 Å². The highest BCUT2D eigenvalue weighted by atomic mass is 32.2. The Labute approximate surface area is 142 Å². The third-order valence-corrected chi connectivity index (χ3v) is 5.56. The van der Waals surface area contributed by atoms with Gasteiger partial charge in [0.1, 0.15) is 5.54 Å². The summed E-state index contributed by atoms with van der Waals surface area (Å²) in [6.07, 6.45) is 0.883. The van der Waals surface area contributed by atoms with Gasteiger partial charge in [-0.1, -0.05) is 6.42 Å². The lowest BCUT2D eigenvalue weighted by atomic mass is 9.78. The molecule has 0 amide bonds. The molecule has 1 aliphatic rings. The van der Waals surface area contributed by atoms with Gasteiger partial charge in [0.25, 0.3) is 10.2 Å². The summed E-state index contributed by atoms with van der Waals surface area (Å²) in [5.41, 5.74) is 10.0. The summed E-state index contributed by atoms with van der Waals surface area (Å²) in [4.78, 5) is 12.3. The van der Waals surface area contributed by atoms with E-state index in [0.717, 1.165) is 4.31 Å². The topological polar surface area (TPSA) is 168 Å². The third-order valence-electron chi connectivity index (χ3n) is 4.03. The molecule has 12 heteroatoms. The molecule has 24 heavy (non-hydrogen) atoms. The Morgan fingerprint density at radius 2 is 2.17 bits per heavy atom. The Balaban J connectivity index is 2.90. The number of esters is 1. The Morgan fingerprint density at radius 1 is 1.50 bits per heavy atom. The Kier molecular flexibility index (Phi) is 8.06. The number of hydrogen-bond acceptors (Lipinski definition) is 8. The fourth-order valence-electron chi connectivity index (χ4n) is 2.75. The maximum Gasteiger partial charge on any atom is 0.451 e. The van der Waals surface area contributed by atoms with Crippen LogP contribution in [-0.2, 0) is 19.7 Å². The van der Waals surface area contributed by atoms with Gasteiger partial charge in [-0.3, -0.25) is 0 Å². The number of carbonyl (C=O) groups excluding carboxylic acids is 1. The van der Waals surface area contributed by atoms with Crippen molar-refractivity contribution < 1.29 is 28.0 Å². The second kappa shape index (κ2) is 9.08. The number of nitrogens with two attached hydrogens (primary N) is 2. The number of ether oxygens (including phenoxy) is 1. The molecule has 0 spiro atoms. The molecule has 0 aromatic carbocycles. The Hall–Kier alpha value is -0.755. The highest BCUT2D eigenvalue weighted by molar-refractivity contribution is 7.87. The van der Waals surface area contributed by atoms with Crippen LogP contribution in [0.25, 0.3) is 0 Å². The number of nitrogens with one attached hydrogen (secondary N) is 1. The van der Waals surface area contributed by atoms with Crippen molar-refractivity contribution in [1.82, 2.24) is 9.03 Å². The average molecular weight is 366 g/mol. The number of hydrogen-bond donors (Lipinski definition) is 5. The molecular weight excluding hydrogens is 339 g/mol. The van der Waals surface area contributed by atoms with Gasteiger partial charge >= 0.3 is 13.1 Å². The molecule has 0 saturated carbocycles. The largest absolute Gasteiger partial charge is 0.465 e. The monoisotopic (exact) mass is 366 g/mol. The summed E-state index contributed by atoms with van der Waals surface area (Å²) in [7, 11) is -5.25. The molecule has 140 valence electrons. The first-order chi connectivity index (χ1) is 11.2. The van der Waals surface area contributed by atoms with E-state index < -0.39 is 34.8 Å². The van der Waals surface area contributed by atoms with Gasteiger partial charge in [-0.25, -0.2) is 9.52 Å². The van der Waals surface area contributed by atoms with Crippen molar-refractivity contribution in [2.24, 2.45) is 17.4 Å². The van der Waals surface area contributed by atoms with Crippen LogP contribution >= 0.6 is 0 Å². The molecule has 0 radical (unpaired) electrons. The van der Waals surface area contributed by atoms with Gasteiger partial charge in [-0.15, -0.1) is 0 Å². The molecule has 7 N–H and O–H groups in total. The third kappa shape index (κ3) is 5.38. The van der Waals surface area contributed by atoms with E-state index in [1.807, 2.05) is 0 Å². The van der Waals surface area contributed by atoms with Crippen molar-refractivity contribution in [3.8, 4) is 0 Å². The molecule has 1 saturated heterocycles. The van der Waals surface area contributed by atoms with Gasteiger partial charge in [0, 0.05) is 32.1 Å². The van der Waals surface area contributed by atoms with Crippen LogP contribution in [0.1, 0.15) is 19.8 Å².